The maximum atomic E-state index is 8.58. The number of rotatable bonds is 3. The summed E-state index contributed by atoms with van der Waals surface area (Å²) in [5.74, 6) is 0.245. The molecule has 17 heavy (non-hydrogen) atoms. The Morgan fingerprint density at radius 2 is 1.82 bits per heavy atom. The third-order valence-electron chi connectivity index (χ3n) is 2.57. The molecule has 94 valence electrons. The fourth-order valence-corrected chi connectivity index (χ4v) is 2.25. The van der Waals surface area contributed by atoms with Crippen LogP contribution in [0.25, 0.3) is 0 Å². The predicted molar refractivity (Wildman–Crippen MR) is 73.9 cm³/mol. The van der Waals surface area contributed by atoms with Crippen molar-refractivity contribution in [2.75, 3.05) is 0 Å². The van der Waals surface area contributed by atoms with Gasteiger partial charge in [0.05, 0.1) is 5.25 Å². The molecule has 0 aliphatic heterocycles. The minimum Gasteiger partial charge on any atom is -0.409 e. The highest BCUT2D eigenvalue weighted by Gasteiger charge is 2.14. The van der Waals surface area contributed by atoms with Crippen molar-refractivity contribution in [2.45, 2.75) is 43.3 Å². The van der Waals surface area contributed by atoms with Gasteiger partial charge < -0.3 is 10.9 Å². The first kappa shape index (κ1) is 13.9. The summed E-state index contributed by atoms with van der Waals surface area (Å²) in [4.78, 5) is 1.12. The van der Waals surface area contributed by atoms with E-state index in [-0.39, 0.29) is 16.5 Å². The van der Waals surface area contributed by atoms with Crippen molar-refractivity contribution in [3.63, 3.8) is 0 Å². The monoisotopic (exact) mass is 252 g/mol. The normalized spacial score (nSPS) is 14.7. The highest BCUT2D eigenvalue weighted by Crippen LogP contribution is 2.27. The molecule has 1 aromatic carbocycles. The average molecular weight is 252 g/mol. The molecule has 1 rings (SSSR count). The molecule has 0 aliphatic carbocycles. The van der Waals surface area contributed by atoms with E-state index in [9.17, 15) is 0 Å². The molecule has 0 saturated carbocycles. The van der Waals surface area contributed by atoms with Crippen LogP contribution in [-0.2, 0) is 5.41 Å². The fourth-order valence-electron chi connectivity index (χ4n) is 1.38. The molecule has 0 aliphatic rings. The van der Waals surface area contributed by atoms with Gasteiger partial charge in [0.2, 0.25) is 0 Å². The maximum Gasteiger partial charge on any atom is 0.152 e. The predicted octanol–water partition coefficient (Wildman–Crippen LogP) is 3.21. The summed E-state index contributed by atoms with van der Waals surface area (Å²) < 4.78 is 0. The molecule has 1 unspecified atom stereocenters. The van der Waals surface area contributed by atoms with E-state index in [1.165, 1.54) is 5.56 Å². The highest BCUT2D eigenvalue weighted by atomic mass is 32.2. The number of oxime groups is 1. The van der Waals surface area contributed by atoms with Gasteiger partial charge in [-0.1, -0.05) is 38.1 Å². The molecule has 1 atom stereocenters. The van der Waals surface area contributed by atoms with E-state index in [1.807, 2.05) is 6.92 Å². The van der Waals surface area contributed by atoms with Crippen molar-refractivity contribution in [2.24, 2.45) is 10.9 Å². The van der Waals surface area contributed by atoms with Crippen molar-refractivity contribution >= 4 is 17.6 Å². The van der Waals surface area contributed by atoms with Crippen molar-refractivity contribution in [3.8, 4) is 0 Å². The minimum atomic E-state index is -0.0273. The molecule has 3 N–H and O–H groups in total. The number of amidine groups is 1. The summed E-state index contributed by atoms with van der Waals surface area (Å²) in [6.45, 7) is 8.48. The number of benzene rings is 1. The Balaban J connectivity index is 2.76. The Morgan fingerprint density at radius 3 is 2.24 bits per heavy atom. The van der Waals surface area contributed by atoms with Gasteiger partial charge in [0, 0.05) is 4.90 Å². The summed E-state index contributed by atoms with van der Waals surface area (Å²) in [7, 11) is 0. The van der Waals surface area contributed by atoms with Crippen LogP contribution >= 0.6 is 11.8 Å². The lowest BCUT2D eigenvalue weighted by Crippen LogP contribution is -2.23. The van der Waals surface area contributed by atoms with Crippen LogP contribution in [0.2, 0.25) is 0 Å². The van der Waals surface area contributed by atoms with Crippen molar-refractivity contribution in [3.05, 3.63) is 29.8 Å². The molecule has 0 spiro atoms. The van der Waals surface area contributed by atoms with Crippen LogP contribution < -0.4 is 5.73 Å². The van der Waals surface area contributed by atoms with Crippen molar-refractivity contribution in [1.82, 2.24) is 0 Å². The van der Waals surface area contributed by atoms with Gasteiger partial charge in [-0.3, -0.25) is 0 Å². The van der Waals surface area contributed by atoms with E-state index in [2.05, 4.69) is 50.2 Å². The lowest BCUT2D eigenvalue weighted by Gasteiger charge is -2.19. The Labute approximate surface area is 107 Å². The Hall–Kier alpha value is -1.16. The van der Waals surface area contributed by atoms with Gasteiger partial charge in [0.1, 0.15) is 0 Å². The maximum absolute atomic E-state index is 8.58. The molecule has 4 heteroatoms. The molecule has 0 bridgehead atoms. The van der Waals surface area contributed by atoms with Crippen LogP contribution in [0.3, 0.4) is 0 Å². The average Bonchev–Trinajstić information content (AvgIpc) is 2.27. The van der Waals surface area contributed by atoms with Gasteiger partial charge in [-0.15, -0.1) is 11.8 Å². The zero-order valence-electron chi connectivity index (χ0n) is 10.8. The van der Waals surface area contributed by atoms with Crippen LogP contribution in [0.5, 0.6) is 0 Å². The van der Waals surface area contributed by atoms with Gasteiger partial charge >= 0.3 is 0 Å². The minimum absolute atomic E-state index is 0.0273. The third-order valence-corrected chi connectivity index (χ3v) is 3.70. The van der Waals surface area contributed by atoms with Crippen LogP contribution in [0.1, 0.15) is 33.3 Å². The topological polar surface area (TPSA) is 58.6 Å². The van der Waals surface area contributed by atoms with Gasteiger partial charge in [0.15, 0.2) is 5.84 Å². The zero-order chi connectivity index (χ0) is 13.1. The van der Waals surface area contributed by atoms with Gasteiger partial charge in [-0.05, 0) is 30.0 Å². The van der Waals surface area contributed by atoms with Crippen LogP contribution in [0.4, 0.5) is 0 Å². The quantitative estimate of drug-likeness (QED) is 0.285. The molecule has 0 fully saturated rings. The second kappa shape index (κ2) is 5.45. The van der Waals surface area contributed by atoms with E-state index in [0.29, 0.717) is 0 Å². The molecule has 0 saturated heterocycles. The molecule has 3 nitrogen and oxygen atoms in total. The van der Waals surface area contributed by atoms with Gasteiger partial charge in [0.25, 0.3) is 0 Å². The number of nitrogens with zero attached hydrogens (tertiary/aromatic N) is 1. The first-order valence-corrected chi connectivity index (χ1v) is 6.47. The molecule has 0 heterocycles. The Kier molecular flexibility index (Phi) is 4.46. The van der Waals surface area contributed by atoms with Crippen molar-refractivity contribution < 1.29 is 5.21 Å². The van der Waals surface area contributed by atoms with Gasteiger partial charge in [-0.25, -0.2) is 0 Å². The summed E-state index contributed by atoms with van der Waals surface area (Å²) in [6.07, 6.45) is 0. The summed E-state index contributed by atoms with van der Waals surface area (Å²) in [6, 6.07) is 8.40. The molecular formula is C13H20N2OS. The lowest BCUT2D eigenvalue weighted by molar-refractivity contribution is 0.317. The van der Waals surface area contributed by atoms with Crippen LogP contribution in [0, 0.1) is 0 Å². The summed E-state index contributed by atoms with van der Waals surface area (Å²) in [5.41, 5.74) is 7.01. The van der Waals surface area contributed by atoms with E-state index < -0.39 is 0 Å². The third kappa shape index (κ3) is 3.97. The Morgan fingerprint density at radius 1 is 1.29 bits per heavy atom. The smallest absolute Gasteiger partial charge is 0.152 e. The first-order valence-electron chi connectivity index (χ1n) is 5.59. The largest absolute Gasteiger partial charge is 0.409 e. The first-order chi connectivity index (χ1) is 7.84. The summed E-state index contributed by atoms with van der Waals surface area (Å²) in [5, 5.41) is 11.6. The number of hydrogen-bond donors (Lipinski definition) is 2. The number of nitrogens with two attached hydrogens (primary N) is 1. The highest BCUT2D eigenvalue weighted by molar-refractivity contribution is 8.00. The molecular weight excluding hydrogens is 232 g/mol. The lowest BCUT2D eigenvalue weighted by atomic mass is 9.87. The van der Waals surface area contributed by atoms with Crippen molar-refractivity contribution in [1.29, 1.82) is 0 Å². The van der Waals surface area contributed by atoms with E-state index >= 15 is 0 Å². The van der Waals surface area contributed by atoms with Crippen LogP contribution in [0.15, 0.2) is 34.3 Å². The molecule has 0 radical (unpaired) electrons. The van der Waals surface area contributed by atoms with Gasteiger partial charge in [-0.2, -0.15) is 0 Å². The van der Waals surface area contributed by atoms with Crippen LogP contribution in [-0.4, -0.2) is 16.3 Å². The van der Waals surface area contributed by atoms with E-state index in [1.54, 1.807) is 11.8 Å². The molecule has 0 aromatic heterocycles. The fraction of sp³-hybridized carbons (Fsp3) is 0.462. The van der Waals surface area contributed by atoms with E-state index in [4.69, 9.17) is 10.9 Å². The van der Waals surface area contributed by atoms with E-state index in [0.717, 1.165) is 4.90 Å². The number of thioether (sulfide) groups is 1. The zero-order valence-corrected chi connectivity index (χ0v) is 11.6. The molecule has 0 amide bonds. The second-order valence-corrected chi connectivity index (χ2v) is 6.47. The standard InChI is InChI=1S/C13H20N2OS/c1-9(12(14)15-16)17-11-7-5-10(6-8-11)13(2,3)4/h5-9,16H,1-4H3,(H2,14,15). The Bertz CT molecular complexity index is 393. The molecule has 1 aromatic rings. The number of hydrogen-bond acceptors (Lipinski definition) is 3. The summed E-state index contributed by atoms with van der Waals surface area (Å²) >= 11 is 1.58. The second-order valence-electron chi connectivity index (χ2n) is 5.06. The SMILES string of the molecule is CC(Sc1ccc(C(C)(C)C)cc1)C(N)=NO.